The molecule has 0 radical (unpaired) electrons. The maximum Gasteiger partial charge on any atom is 0.223 e. The summed E-state index contributed by atoms with van der Waals surface area (Å²) in [5, 5.41) is 3.04. The molecule has 1 aromatic heterocycles. The van der Waals surface area contributed by atoms with Gasteiger partial charge in [0.15, 0.2) is 0 Å². The number of nitrogens with one attached hydrogen (secondary N) is 1. The molecule has 1 aliphatic heterocycles. The number of aryl methyl sites for hydroxylation is 3. The van der Waals surface area contributed by atoms with Gasteiger partial charge in [0.05, 0.1) is 32.3 Å². The molecule has 1 atom stereocenters. The van der Waals surface area contributed by atoms with E-state index in [0.717, 1.165) is 41.5 Å². The van der Waals surface area contributed by atoms with E-state index in [1.165, 1.54) is 0 Å². The second kappa shape index (κ2) is 9.75. The van der Waals surface area contributed by atoms with Gasteiger partial charge < -0.3 is 19.2 Å². The van der Waals surface area contributed by atoms with Crippen LogP contribution in [0.5, 0.6) is 5.75 Å². The molecule has 1 saturated heterocycles. The van der Waals surface area contributed by atoms with Crippen LogP contribution in [0.3, 0.4) is 0 Å². The summed E-state index contributed by atoms with van der Waals surface area (Å²) in [6.07, 6.45) is 0.320. The molecule has 6 nitrogen and oxygen atoms in total. The molecule has 0 aliphatic carbocycles. The molecule has 1 fully saturated rings. The smallest absolute Gasteiger partial charge is 0.223 e. The number of carbonyl (C=O) groups excluding carboxylic acids is 1. The highest BCUT2D eigenvalue weighted by Crippen LogP contribution is 2.23. The van der Waals surface area contributed by atoms with Crippen LogP contribution in [0.2, 0.25) is 0 Å². The molecule has 1 aromatic carbocycles. The van der Waals surface area contributed by atoms with E-state index in [-0.39, 0.29) is 11.9 Å². The Morgan fingerprint density at radius 1 is 1.18 bits per heavy atom. The molecule has 2 aromatic rings. The lowest BCUT2D eigenvalue weighted by molar-refractivity contribution is -0.122. The summed E-state index contributed by atoms with van der Waals surface area (Å²) in [5.41, 5.74) is 2.22. The van der Waals surface area contributed by atoms with E-state index in [2.05, 4.69) is 16.3 Å². The second-order valence-electron chi connectivity index (χ2n) is 7.28. The van der Waals surface area contributed by atoms with Crippen LogP contribution in [-0.2, 0) is 9.53 Å². The van der Waals surface area contributed by atoms with Crippen molar-refractivity contribution in [3.05, 3.63) is 53.0 Å². The molecule has 28 heavy (non-hydrogen) atoms. The number of carbonyl (C=O) groups is 1. The lowest BCUT2D eigenvalue weighted by Crippen LogP contribution is -2.43. The lowest BCUT2D eigenvalue weighted by atomic mass is 10.1. The SMILES string of the molecule is Cc1ccc(C)c(OCCC(=O)NCC(c2ccc(C)o2)N2CCOCC2)c1. The molecular weight excluding hydrogens is 356 g/mol. The standard InChI is InChI=1S/C22H30N2O4/c1-16-4-5-17(2)21(14-16)27-11-8-22(25)23-15-19(20-7-6-18(3)28-20)24-9-12-26-13-10-24/h4-7,14,19H,8-13,15H2,1-3H3,(H,23,25). The molecule has 6 heteroatoms. The van der Waals surface area contributed by atoms with Crippen molar-refractivity contribution in [3.8, 4) is 5.75 Å². The van der Waals surface area contributed by atoms with Crippen LogP contribution in [0.1, 0.15) is 35.1 Å². The van der Waals surface area contributed by atoms with E-state index in [9.17, 15) is 4.79 Å². The molecule has 0 spiro atoms. The van der Waals surface area contributed by atoms with Crippen molar-refractivity contribution >= 4 is 5.91 Å². The first-order valence-electron chi connectivity index (χ1n) is 9.88. The van der Waals surface area contributed by atoms with Gasteiger partial charge in [0, 0.05) is 19.6 Å². The molecule has 1 unspecified atom stereocenters. The zero-order valence-corrected chi connectivity index (χ0v) is 17.0. The predicted molar refractivity (Wildman–Crippen MR) is 108 cm³/mol. The Hall–Kier alpha value is -2.31. The molecule has 3 rings (SSSR count). The van der Waals surface area contributed by atoms with Crippen molar-refractivity contribution in [3.63, 3.8) is 0 Å². The van der Waals surface area contributed by atoms with Crippen molar-refractivity contribution < 1.29 is 18.7 Å². The van der Waals surface area contributed by atoms with Crippen molar-refractivity contribution in [2.75, 3.05) is 39.5 Å². The Labute approximate surface area is 166 Å². The summed E-state index contributed by atoms with van der Waals surface area (Å²) in [4.78, 5) is 14.6. The van der Waals surface area contributed by atoms with Gasteiger partial charge in [-0.3, -0.25) is 9.69 Å². The monoisotopic (exact) mass is 386 g/mol. The number of rotatable bonds is 8. The van der Waals surface area contributed by atoms with Gasteiger partial charge in [-0.15, -0.1) is 0 Å². The van der Waals surface area contributed by atoms with E-state index in [4.69, 9.17) is 13.9 Å². The van der Waals surface area contributed by atoms with Crippen LogP contribution in [0.4, 0.5) is 0 Å². The molecule has 0 bridgehead atoms. The van der Waals surface area contributed by atoms with E-state index in [1.807, 2.05) is 45.0 Å². The molecule has 1 aliphatic rings. The summed E-state index contributed by atoms with van der Waals surface area (Å²) in [6.45, 7) is 9.90. The first-order chi connectivity index (χ1) is 13.5. The van der Waals surface area contributed by atoms with Crippen molar-refractivity contribution in [1.82, 2.24) is 10.2 Å². The number of hydrogen-bond acceptors (Lipinski definition) is 5. The van der Waals surface area contributed by atoms with Crippen LogP contribution in [0, 0.1) is 20.8 Å². The average Bonchev–Trinajstić information content (AvgIpc) is 3.11. The third-order valence-electron chi connectivity index (χ3n) is 5.00. The quantitative estimate of drug-likeness (QED) is 0.755. The Kier molecular flexibility index (Phi) is 7.12. The lowest BCUT2D eigenvalue weighted by Gasteiger charge is -2.33. The highest BCUT2D eigenvalue weighted by Gasteiger charge is 2.25. The fourth-order valence-electron chi connectivity index (χ4n) is 3.35. The molecular formula is C22H30N2O4. The molecule has 1 N–H and O–H groups in total. The van der Waals surface area contributed by atoms with Gasteiger partial charge in [-0.25, -0.2) is 0 Å². The molecule has 1 amide bonds. The van der Waals surface area contributed by atoms with Crippen molar-refractivity contribution in [2.24, 2.45) is 0 Å². The predicted octanol–water partition coefficient (Wildman–Crippen LogP) is 3.16. The van der Waals surface area contributed by atoms with Gasteiger partial charge in [-0.2, -0.15) is 0 Å². The average molecular weight is 386 g/mol. The van der Waals surface area contributed by atoms with Crippen molar-refractivity contribution in [1.29, 1.82) is 0 Å². The van der Waals surface area contributed by atoms with Crippen LogP contribution in [0.15, 0.2) is 34.7 Å². The minimum Gasteiger partial charge on any atom is -0.493 e. The van der Waals surface area contributed by atoms with Crippen LogP contribution in [-0.4, -0.2) is 50.3 Å². The van der Waals surface area contributed by atoms with Gasteiger partial charge in [-0.05, 0) is 50.1 Å². The van der Waals surface area contributed by atoms with E-state index >= 15 is 0 Å². The largest absolute Gasteiger partial charge is 0.493 e. The summed E-state index contributed by atoms with van der Waals surface area (Å²) in [6, 6.07) is 10.1. The number of morpholine rings is 1. The van der Waals surface area contributed by atoms with Gasteiger partial charge in [0.2, 0.25) is 5.91 Å². The Balaban J connectivity index is 1.51. The van der Waals surface area contributed by atoms with Gasteiger partial charge in [0.1, 0.15) is 17.3 Å². The summed E-state index contributed by atoms with van der Waals surface area (Å²) in [5.74, 6) is 2.57. The third-order valence-corrected chi connectivity index (χ3v) is 5.00. The van der Waals surface area contributed by atoms with Gasteiger partial charge in [-0.1, -0.05) is 12.1 Å². The normalized spacial score (nSPS) is 16.0. The highest BCUT2D eigenvalue weighted by atomic mass is 16.5. The van der Waals surface area contributed by atoms with Crippen LogP contribution < -0.4 is 10.1 Å². The minimum absolute atomic E-state index is 0.0153. The van der Waals surface area contributed by atoms with Crippen LogP contribution >= 0.6 is 0 Å². The first-order valence-corrected chi connectivity index (χ1v) is 9.88. The Bertz CT molecular complexity index is 781. The molecule has 0 saturated carbocycles. The maximum absolute atomic E-state index is 12.3. The summed E-state index contributed by atoms with van der Waals surface area (Å²) >= 11 is 0. The number of benzene rings is 1. The van der Waals surface area contributed by atoms with E-state index in [0.29, 0.717) is 32.8 Å². The number of amides is 1. The molecule has 2 heterocycles. The second-order valence-corrected chi connectivity index (χ2v) is 7.28. The number of furan rings is 1. The summed E-state index contributed by atoms with van der Waals surface area (Å²) < 4.78 is 17.1. The Morgan fingerprint density at radius 2 is 1.96 bits per heavy atom. The number of nitrogens with zero attached hydrogens (tertiary/aromatic N) is 1. The third kappa shape index (κ3) is 5.59. The zero-order chi connectivity index (χ0) is 19.9. The van der Waals surface area contributed by atoms with Crippen molar-refractivity contribution in [2.45, 2.75) is 33.2 Å². The summed E-state index contributed by atoms with van der Waals surface area (Å²) in [7, 11) is 0. The minimum atomic E-state index is -0.0214. The topological polar surface area (TPSA) is 63.9 Å². The maximum atomic E-state index is 12.3. The van der Waals surface area contributed by atoms with Gasteiger partial charge in [0.25, 0.3) is 0 Å². The Morgan fingerprint density at radius 3 is 2.68 bits per heavy atom. The first kappa shape index (κ1) is 20.4. The van der Waals surface area contributed by atoms with Gasteiger partial charge >= 0.3 is 0 Å². The van der Waals surface area contributed by atoms with E-state index < -0.39 is 0 Å². The van der Waals surface area contributed by atoms with E-state index in [1.54, 1.807) is 0 Å². The number of ether oxygens (including phenoxy) is 2. The fraction of sp³-hybridized carbons (Fsp3) is 0.500. The van der Waals surface area contributed by atoms with Crippen LogP contribution in [0.25, 0.3) is 0 Å². The highest BCUT2D eigenvalue weighted by molar-refractivity contribution is 5.76. The zero-order valence-electron chi connectivity index (χ0n) is 17.0. The molecule has 152 valence electrons. The fourth-order valence-corrected chi connectivity index (χ4v) is 3.35. The number of hydrogen-bond donors (Lipinski definition) is 1.